The summed E-state index contributed by atoms with van der Waals surface area (Å²) in [6.45, 7) is 2.03. The van der Waals surface area contributed by atoms with Crippen LogP contribution in [0.1, 0.15) is 35.4 Å². The van der Waals surface area contributed by atoms with E-state index in [1.54, 1.807) is 19.2 Å². The molecule has 1 aliphatic rings. The summed E-state index contributed by atoms with van der Waals surface area (Å²) < 4.78 is 31.9. The molecule has 162 valence electrons. The van der Waals surface area contributed by atoms with Crippen molar-refractivity contribution in [3.05, 3.63) is 57.5 Å². The molecule has 31 heavy (non-hydrogen) atoms. The molecule has 1 atom stereocenters. The second kappa shape index (κ2) is 8.18. The number of hydrogen-bond acceptors (Lipinski definition) is 6. The molecule has 0 radical (unpaired) electrons. The number of nitrogens with one attached hydrogen (secondary N) is 1. The lowest BCUT2D eigenvalue weighted by atomic mass is 10.1. The molecule has 3 heterocycles. The van der Waals surface area contributed by atoms with Crippen LogP contribution in [0, 0.1) is 11.6 Å². The van der Waals surface area contributed by atoms with E-state index < -0.39 is 45.4 Å². The third kappa shape index (κ3) is 3.50. The first-order valence-corrected chi connectivity index (χ1v) is 10.7. The van der Waals surface area contributed by atoms with Crippen molar-refractivity contribution in [3.63, 3.8) is 0 Å². The van der Waals surface area contributed by atoms with Gasteiger partial charge >= 0.3 is 5.97 Å². The van der Waals surface area contributed by atoms with Crippen LogP contribution in [-0.2, 0) is 6.42 Å². The van der Waals surface area contributed by atoms with E-state index in [1.165, 1.54) is 4.57 Å². The Morgan fingerprint density at radius 3 is 2.84 bits per heavy atom. The molecule has 1 aromatic carbocycles. The molecular formula is C21H20F2N4O3S. The average Bonchev–Trinajstić information content (AvgIpc) is 3.12. The van der Waals surface area contributed by atoms with Crippen LogP contribution in [0.4, 0.5) is 20.2 Å². The van der Waals surface area contributed by atoms with E-state index >= 15 is 4.39 Å². The maximum Gasteiger partial charge on any atom is 0.342 e. The number of thioether (sulfide) groups is 1. The largest absolute Gasteiger partial charge is 0.477 e. The fourth-order valence-electron chi connectivity index (χ4n) is 3.81. The van der Waals surface area contributed by atoms with Crippen molar-refractivity contribution in [2.24, 2.45) is 0 Å². The van der Waals surface area contributed by atoms with Crippen LogP contribution in [0.15, 0.2) is 34.2 Å². The van der Waals surface area contributed by atoms with Crippen molar-refractivity contribution in [1.29, 1.82) is 0 Å². The Bertz CT molecular complexity index is 1250. The van der Waals surface area contributed by atoms with Crippen LogP contribution in [0.3, 0.4) is 0 Å². The van der Waals surface area contributed by atoms with E-state index in [1.807, 2.05) is 12.1 Å². The highest BCUT2D eigenvalue weighted by molar-refractivity contribution is 7.99. The van der Waals surface area contributed by atoms with Gasteiger partial charge in [-0.2, -0.15) is 0 Å². The summed E-state index contributed by atoms with van der Waals surface area (Å²) >= 11 is 1.16. The smallest absolute Gasteiger partial charge is 0.342 e. The molecule has 2 aromatic heterocycles. The van der Waals surface area contributed by atoms with E-state index in [0.717, 1.165) is 17.5 Å². The van der Waals surface area contributed by atoms with Crippen LogP contribution in [0.5, 0.6) is 0 Å². The molecule has 0 unspecified atom stereocenters. The van der Waals surface area contributed by atoms with Crippen LogP contribution in [0.2, 0.25) is 0 Å². The number of carboxylic acids is 1. The molecule has 0 amide bonds. The van der Waals surface area contributed by atoms with Crippen molar-refractivity contribution < 1.29 is 18.7 Å². The van der Waals surface area contributed by atoms with E-state index in [-0.39, 0.29) is 23.1 Å². The molecule has 7 nitrogen and oxygen atoms in total. The van der Waals surface area contributed by atoms with Crippen LogP contribution >= 0.6 is 11.8 Å². The third-order valence-corrected chi connectivity index (χ3v) is 6.59. The Kier molecular flexibility index (Phi) is 5.57. The van der Waals surface area contributed by atoms with Gasteiger partial charge in [0.05, 0.1) is 21.6 Å². The number of fused-ring (bicyclic) bond motifs is 3. The zero-order valence-corrected chi connectivity index (χ0v) is 17.4. The number of carbonyl (C=O) groups is 1. The number of benzene rings is 1. The third-order valence-electron chi connectivity index (χ3n) is 5.27. The van der Waals surface area contributed by atoms with Crippen molar-refractivity contribution >= 4 is 40.0 Å². The normalized spacial score (nSPS) is 15.3. The minimum atomic E-state index is -1.45. The molecule has 4 rings (SSSR count). The standard InChI is InChI=1S/C21H20F2N4O3S/c1-10-9-31-20-13(21(29)30)19(28)12-16(24)14(22)17(15(23)18(12)27(10)20)26-8-4-6-11-5-2-3-7-25-11/h2-3,5,7,10,26H,4,6,8-9,24H2,1H3,(H,29,30)/t10-/m1/s1. The SMILES string of the molecule is C[C@@H]1CSc2c(C(=O)O)c(=O)c3c(N)c(F)c(NCCCc4ccccn4)c(F)c3n21. The van der Waals surface area contributed by atoms with Crippen LogP contribution in [-0.4, -0.2) is 32.9 Å². The zero-order valence-electron chi connectivity index (χ0n) is 16.6. The second-order valence-electron chi connectivity index (χ2n) is 7.34. The van der Waals surface area contributed by atoms with Gasteiger partial charge in [-0.05, 0) is 31.9 Å². The number of hydrogen-bond donors (Lipinski definition) is 3. The predicted molar refractivity (Wildman–Crippen MR) is 116 cm³/mol. The summed E-state index contributed by atoms with van der Waals surface area (Å²) in [4.78, 5) is 28.7. The highest BCUT2D eigenvalue weighted by Gasteiger charge is 2.33. The maximum absolute atomic E-state index is 15.5. The lowest BCUT2D eigenvalue weighted by molar-refractivity contribution is 0.0690. The number of aromatic nitrogens is 2. The Balaban J connectivity index is 1.78. The first-order valence-electron chi connectivity index (χ1n) is 9.71. The van der Waals surface area contributed by atoms with Gasteiger partial charge in [0.1, 0.15) is 11.3 Å². The number of nitrogens with zero attached hydrogens (tertiary/aromatic N) is 2. The molecule has 10 heteroatoms. The van der Waals surface area contributed by atoms with Gasteiger partial charge in [0.25, 0.3) is 0 Å². The Hall–Kier alpha value is -3.14. The van der Waals surface area contributed by atoms with Gasteiger partial charge in [-0.1, -0.05) is 6.07 Å². The van der Waals surface area contributed by atoms with Gasteiger partial charge in [-0.25, -0.2) is 13.6 Å². The number of nitrogen functional groups attached to an aromatic ring is 1. The van der Waals surface area contributed by atoms with Crippen LogP contribution < -0.4 is 16.5 Å². The lowest BCUT2D eigenvalue weighted by Crippen LogP contribution is -2.24. The van der Waals surface area contributed by atoms with Gasteiger partial charge in [-0.3, -0.25) is 9.78 Å². The van der Waals surface area contributed by atoms with Gasteiger partial charge in [0, 0.05) is 30.2 Å². The highest BCUT2D eigenvalue weighted by Crippen LogP contribution is 2.41. The van der Waals surface area contributed by atoms with E-state index in [4.69, 9.17) is 5.73 Å². The molecule has 0 aliphatic carbocycles. The first kappa shape index (κ1) is 21.1. The number of halogens is 2. The number of rotatable bonds is 6. The quantitative estimate of drug-likeness (QED) is 0.391. The van der Waals surface area contributed by atoms with Crippen molar-refractivity contribution in [2.45, 2.75) is 30.8 Å². The molecule has 0 fully saturated rings. The predicted octanol–water partition coefficient (Wildman–Crippen LogP) is 3.67. The van der Waals surface area contributed by atoms with E-state index in [2.05, 4.69) is 10.3 Å². The monoisotopic (exact) mass is 446 g/mol. The van der Waals surface area contributed by atoms with E-state index in [9.17, 15) is 19.1 Å². The Morgan fingerprint density at radius 1 is 1.39 bits per heavy atom. The molecule has 0 saturated carbocycles. The number of aryl methyl sites for hydroxylation is 1. The molecular weight excluding hydrogens is 426 g/mol. The zero-order chi connectivity index (χ0) is 22.3. The van der Waals surface area contributed by atoms with Crippen molar-refractivity contribution in [3.8, 4) is 0 Å². The maximum atomic E-state index is 15.5. The lowest BCUT2D eigenvalue weighted by Gasteiger charge is -2.19. The van der Waals surface area contributed by atoms with Crippen molar-refractivity contribution in [2.75, 3.05) is 23.3 Å². The highest BCUT2D eigenvalue weighted by atomic mass is 32.2. The van der Waals surface area contributed by atoms with Crippen molar-refractivity contribution in [1.82, 2.24) is 9.55 Å². The molecule has 3 aromatic rings. The van der Waals surface area contributed by atoms with Gasteiger partial charge in [0.2, 0.25) is 5.43 Å². The summed E-state index contributed by atoms with van der Waals surface area (Å²) in [6, 6.07) is 5.24. The fraction of sp³-hybridized carbons (Fsp3) is 0.286. The van der Waals surface area contributed by atoms with Crippen LogP contribution in [0.25, 0.3) is 10.9 Å². The van der Waals surface area contributed by atoms with Gasteiger partial charge < -0.3 is 20.7 Å². The molecule has 4 N–H and O–H groups in total. The fourth-order valence-corrected chi connectivity index (χ4v) is 5.09. The number of nitrogens with two attached hydrogens (primary N) is 1. The Morgan fingerprint density at radius 2 is 2.16 bits per heavy atom. The number of pyridine rings is 2. The van der Waals surface area contributed by atoms with E-state index in [0.29, 0.717) is 18.6 Å². The minimum Gasteiger partial charge on any atom is -0.477 e. The summed E-state index contributed by atoms with van der Waals surface area (Å²) in [5.74, 6) is -3.05. The number of carboxylic acid groups (broad SMARTS) is 1. The Labute approximate surface area is 180 Å². The summed E-state index contributed by atoms with van der Waals surface area (Å²) in [5, 5.41) is 12.0. The summed E-state index contributed by atoms with van der Waals surface area (Å²) in [7, 11) is 0. The first-order chi connectivity index (χ1) is 14.8. The van der Waals surface area contributed by atoms with Gasteiger partial charge in [-0.15, -0.1) is 11.8 Å². The second-order valence-corrected chi connectivity index (χ2v) is 8.34. The summed E-state index contributed by atoms with van der Waals surface area (Å²) in [5.41, 5.74) is 4.10. The van der Waals surface area contributed by atoms with Gasteiger partial charge in [0.15, 0.2) is 11.6 Å². The molecule has 0 saturated heterocycles. The number of anilines is 2. The molecule has 1 aliphatic heterocycles. The molecule has 0 bridgehead atoms. The number of aromatic carboxylic acids is 1. The minimum absolute atomic E-state index is 0.156. The molecule has 0 spiro atoms. The average molecular weight is 446 g/mol. The summed E-state index contributed by atoms with van der Waals surface area (Å²) in [6.07, 6.45) is 2.86. The topological polar surface area (TPSA) is 110 Å².